The highest BCUT2D eigenvalue weighted by atomic mass is 32.2. The van der Waals surface area contributed by atoms with E-state index in [0.717, 1.165) is 16.8 Å². The summed E-state index contributed by atoms with van der Waals surface area (Å²) >= 11 is 1.77. The molecule has 0 aliphatic carbocycles. The van der Waals surface area contributed by atoms with E-state index in [1.165, 1.54) is 0 Å². The molecule has 0 bridgehead atoms. The molecule has 0 saturated heterocycles. The Balaban J connectivity index is 3.46. The minimum atomic E-state index is 0.732. The predicted molar refractivity (Wildman–Crippen MR) is 49.7 cm³/mol. The van der Waals surface area contributed by atoms with Crippen molar-refractivity contribution < 1.29 is 0 Å². The second-order valence-electron chi connectivity index (χ2n) is 2.48. The number of rotatable bonds is 2. The number of hydrogen-bond acceptors (Lipinski definition) is 2. The van der Waals surface area contributed by atoms with E-state index in [4.69, 9.17) is 0 Å². The normalized spacial score (nSPS) is 12.3. The van der Waals surface area contributed by atoms with Crippen LogP contribution in [0.5, 0.6) is 0 Å². The highest BCUT2D eigenvalue weighted by Gasteiger charge is 1.97. The first-order valence-corrected chi connectivity index (χ1v) is 4.46. The SMILES string of the molecule is CN=C(NC)SCC(C)C. The number of aliphatic imine (C=N–C) groups is 1. The second kappa shape index (κ2) is 5.59. The lowest BCUT2D eigenvalue weighted by atomic mass is 10.3. The van der Waals surface area contributed by atoms with Crippen molar-refractivity contribution in [1.29, 1.82) is 0 Å². The van der Waals surface area contributed by atoms with E-state index in [0.29, 0.717) is 0 Å². The molecule has 0 saturated carbocycles. The lowest BCUT2D eigenvalue weighted by Crippen LogP contribution is -2.15. The first kappa shape index (κ1) is 9.82. The van der Waals surface area contributed by atoms with E-state index in [2.05, 4.69) is 24.2 Å². The third-order valence-electron chi connectivity index (χ3n) is 0.970. The zero-order chi connectivity index (χ0) is 7.98. The van der Waals surface area contributed by atoms with Crippen LogP contribution in [-0.2, 0) is 0 Å². The molecule has 0 radical (unpaired) electrons. The highest BCUT2D eigenvalue weighted by Crippen LogP contribution is 2.07. The first-order chi connectivity index (χ1) is 4.70. The van der Waals surface area contributed by atoms with Crippen molar-refractivity contribution in [2.24, 2.45) is 10.9 Å². The second-order valence-corrected chi connectivity index (χ2v) is 3.49. The van der Waals surface area contributed by atoms with Gasteiger partial charge >= 0.3 is 0 Å². The molecule has 0 amide bonds. The maximum atomic E-state index is 4.05. The molecule has 0 rings (SSSR count). The third-order valence-corrected chi connectivity index (χ3v) is 2.46. The van der Waals surface area contributed by atoms with Gasteiger partial charge in [0.15, 0.2) is 5.17 Å². The predicted octanol–water partition coefficient (Wildman–Crippen LogP) is 1.58. The smallest absolute Gasteiger partial charge is 0.156 e. The van der Waals surface area contributed by atoms with Crippen molar-refractivity contribution in [2.75, 3.05) is 19.8 Å². The summed E-state index contributed by atoms with van der Waals surface area (Å²) < 4.78 is 0. The van der Waals surface area contributed by atoms with E-state index in [1.54, 1.807) is 18.8 Å². The van der Waals surface area contributed by atoms with Crippen LogP contribution in [0.25, 0.3) is 0 Å². The molecule has 0 aliphatic rings. The molecule has 10 heavy (non-hydrogen) atoms. The lowest BCUT2D eigenvalue weighted by Gasteiger charge is -2.05. The summed E-state index contributed by atoms with van der Waals surface area (Å²) in [5.74, 6) is 1.86. The largest absolute Gasteiger partial charge is 0.368 e. The van der Waals surface area contributed by atoms with Crippen LogP contribution >= 0.6 is 11.8 Å². The summed E-state index contributed by atoms with van der Waals surface area (Å²) in [6.45, 7) is 4.41. The highest BCUT2D eigenvalue weighted by molar-refractivity contribution is 8.13. The minimum Gasteiger partial charge on any atom is -0.368 e. The van der Waals surface area contributed by atoms with Gasteiger partial charge in [-0.2, -0.15) is 0 Å². The molecule has 0 spiro atoms. The van der Waals surface area contributed by atoms with Gasteiger partial charge in [-0.3, -0.25) is 4.99 Å². The Labute approximate surface area is 67.5 Å². The molecular formula is C7H16N2S. The fourth-order valence-electron chi connectivity index (χ4n) is 0.494. The Hall–Kier alpha value is -0.180. The van der Waals surface area contributed by atoms with Crippen LogP contribution in [0.2, 0.25) is 0 Å². The average molecular weight is 160 g/mol. The molecule has 1 N–H and O–H groups in total. The molecule has 0 aromatic rings. The fourth-order valence-corrected chi connectivity index (χ4v) is 1.26. The zero-order valence-corrected chi connectivity index (χ0v) is 7.96. The molecule has 0 aliphatic heterocycles. The molecule has 2 nitrogen and oxygen atoms in total. The van der Waals surface area contributed by atoms with Gasteiger partial charge in [0.05, 0.1) is 0 Å². The van der Waals surface area contributed by atoms with Gasteiger partial charge in [0, 0.05) is 19.8 Å². The zero-order valence-electron chi connectivity index (χ0n) is 7.14. The topological polar surface area (TPSA) is 24.4 Å². The van der Waals surface area contributed by atoms with Gasteiger partial charge in [-0.05, 0) is 5.92 Å². The molecule has 0 heterocycles. The van der Waals surface area contributed by atoms with Gasteiger partial charge in [0.2, 0.25) is 0 Å². The van der Waals surface area contributed by atoms with Crippen LogP contribution in [0.1, 0.15) is 13.8 Å². The van der Waals surface area contributed by atoms with Gasteiger partial charge in [-0.15, -0.1) is 0 Å². The maximum Gasteiger partial charge on any atom is 0.156 e. The van der Waals surface area contributed by atoms with Crippen molar-refractivity contribution in [3.8, 4) is 0 Å². The van der Waals surface area contributed by atoms with E-state index in [9.17, 15) is 0 Å². The van der Waals surface area contributed by atoms with Crippen molar-refractivity contribution in [3.05, 3.63) is 0 Å². The Bertz CT molecular complexity index is 110. The first-order valence-electron chi connectivity index (χ1n) is 3.48. The summed E-state index contributed by atoms with van der Waals surface area (Å²) in [6.07, 6.45) is 0. The van der Waals surface area contributed by atoms with Crippen LogP contribution in [0.3, 0.4) is 0 Å². The number of nitrogens with one attached hydrogen (secondary N) is 1. The maximum absolute atomic E-state index is 4.05. The van der Waals surface area contributed by atoms with Crippen LogP contribution in [0, 0.1) is 5.92 Å². The van der Waals surface area contributed by atoms with E-state index >= 15 is 0 Å². The van der Waals surface area contributed by atoms with Gasteiger partial charge in [-0.25, -0.2) is 0 Å². The standard InChI is InChI=1S/C7H16N2S/c1-6(2)5-10-7(8-3)9-4/h6H,5H2,1-4H3,(H,8,9). The van der Waals surface area contributed by atoms with Gasteiger partial charge in [0.25, 0.3) is 0 Å². The molecule has 0 atom stereocenters. The van der Waals surface area contributed by atoms with Crippen molar-refractivity contribution in [2.45, 2.75) is 13.8 Å². The molecule has 0 fully saturated rings. The number of nitrogens with zero attached hydrogens (tertiary/aromatic N) is 1. The van der Waals surface area contributed by atoms with Crippen molar-refractivity contribution in [1.82, 2.24) is 5.32 Å². The summed E-state index contributed by atoms with van der Waals surface area (Å²) in [5.41, 5.74) is 0. The van der Waals surface area contributed by atoms with Crippen LogP contribution < -0.4 is 5.32 Å². The minimum absolute atomic E-state index is 0.732. The monoisotopic (exact) mass is 160 g/mol. The van der Waals surface area contributed by atoms with Gasteiger partial charge in [-0.1, -0.05) is 25.6 Å². The Morgan fingerprint density at radius 1 is 1.60 bits per heavy atom. The molecule has 3 heteroatoms. The molecular weight excluding hydrogens is 144 g/mol. The number of hydrogen-bond donors (Lipinski definition) is 1. The summed E-state index contributed by atoms with van der Waals surface area (Å²) in [6, 6.07) is 0. The van der Waals surface area contributed by atoms with Crippen LogP contribution in [-0.4, -0.2) is 25.0 Å². The summed E-state index contributed by atoms with van der Waals surface area (Å²) in [5, 5.41) is 4.04. The fraction of sp³-hybridized carbons (Fsp3) is 0.857. The summed E-state index contributed by atoms with van der Waals surface area (Å²) in [4.78, 5) is 4.05. The van der Waals surface area contributed by atoms with E-state index in [1.807, 2.05) is 7.05 Å². The van der Waals surface area contributed by atoms with Gasteiger partial charge in [0.1, 0.15) is 0 Å². The van der Waals surface area contributed by atoms with E-state index in [-0.39, 0.29) is 0 Å². The lowest BCUT2D eigenvalue weighted by molar-refractivity contribution is 0.752. The molecule has 0 aromatic carbocycles. The van der Waals surface area contributed by atoms with Crippen molar-refractivity contribution in [3.63, 3.8) is 0 Å². The molecule has 0 aromatic heterocycles. The summed E-state index contributed by atoms with van der Waals surface area (Å²) in [7, 11) is 3.70. The average Bonchev–Trinajstić information content (AvgIpc) is 1.90. The quantitative estimate of drug-likeness (QED) is 0.490. The van der Waals surface area contributed by atoms with Crippen LogP contribution in [0.15, 0.2) is 4.99 Å². The van der Waals surface area contributed by atoms with Crippen molar-refractivity contribution >= 4 is 16.9 Å². The molecule has 0 unspecified atom stereocenters. The van der Waals surface area contributed by atoms with E-state index < -0.39 is 0 Å². The Morgan fingerprint density at radius 2 is 2.20 bits per heavy atom. The number of thioether (sulfide) groups is 1. The Kier molecular flexibility index (Phi) is 5.49. The Morgan fingerprint density at radius 3 is 2.50 bits per heavy atom. The number of amidine groups is 1. The molecule has 60 valence electrons. The van der Waals surface area contributed by atoms with Gasteiger partial charge < -0.3 is 5.32 Å². The van der Waals surface area contributed by atoms with Crippen LogP contribution in [0.4, 0.5) is 0 Å². The third kappa shape index (κ3) is 4.68.